The van der Waals surface area contributed by atoms with E-state index in [4.69, 9.17) is 4.98 Å². The van der Waals surface area contributed by atoms with Crippen molar-refractivity contribution in [3.8, 4) is 11.4 Å². The molecular formula is C21H15F3N2. The van der Waals surface area contributed by atoms with E-state index in [0.717, 1.165) is 40.1 Å². The minimum Gasteiger partial charge on any atom is -0.319 e. The monoisotopic (exact) mass is 352 g/mol. The molecule has 2 nitrogen and oxygen atoms in total. The highest BCUT2D eigenvalue weighted by Gasteiger charge is 2.29. The van der Waals surface area contributed by atoms with Crippen LogP contribution in [0.15, 0.2) is 78.9 Å². The summed E-state index contributed by atoms with van der Waals surface area (Å²) in [5, 5.41) is 0. The standard InChI is InChI=1S/C21H15F3N2/c22-21(23,24)17-12-10-15(11-13-17)14-26-19-9-5-4-8-18(19)25-20(26)16-6-2-1-3-7-16/h1-13H,14H2. The van der Waals surface area contributed by atoms with Crippen molar-refractivity contribution in [2.75, 3.05) is 0 Å². The Bertz CT molecular complexity index is 1030. The molecule has 5 heteroatoms. The molecule has 0 atom stereocenters. The van der Waals surface area contributed by atoms with Gasteiger partial charge in [0.2, 0.25) is 0 Å². The van der Waals surface area contributed by atoms with Crippen molar-refractivity contribution in [1.29, 1.82) is 0 Å². The van der Waals surface area contributed by atoms with Crippen LogP contribution in [0.1, 0.15) is 11.1 Å². The van der Waals surface area contributed by atoms with E-state index in [9.17, 15) is 13.2 Å². The number of aromatic nitrogens is 2. The third kappa shape index (κ3) is 3.08. The molecule has 4 rings (SSSR count). The summed E-state index contributed by atoms with van der Waals surface area (Å²) < 4.78 is 40.4. The van der Waals surface area contributed by atoms with Crippen molar-refractivity contribution in [3.63, 3.8) is 0 Å². The van der Waals surface area contributed by atoms with Gasteiger partial charge in [-0.1, -0.05) is 54.6 Å². The Kier molecular flexibility index (Phi) is 3.99. The van der Waals surface area contributed by atoms with Crippen molar-refractivity contribution in [2.45, 2.75) is 12.7 Å². The third-order valence-electron chi connectivity index (χ3n) is 4.31. The second kappa shape index (κ2) is 6.33. The molecular weight excluding hydrogens is 337 g/mol. The molecule has 0 saturated carbocycles. The summed E-state index contributed by atoms with van der Waals surface area (Å²) in [5.74, 6) is 0.798. The Labute approximate surface area is 148 Å². The van der Waals surface area contributed by atoms with Crippen molar-refractivity contribution in [1.82, 2.24) is 9.55 Å². The second-order valence-electron chi connectivity index (χ2n) is 6.07. The number of para-hydroxylation sites is 2. The van der Waals surface area contributed by atoms with Crippen LogP contribution < -0.4 is 0 Å². The van der Waals surface area contributed by atoms with Gasteiger partial charge < -0.3 is 4.57 Å². The Morgan fingerprint density at radius 1 is 0.769 bits per heavy atom. The number of fused-ring (bicyclic) bond motifs is 1. The van der Waals surface area contributed by atoms with Gasteiger partial charge in [-0.2, -0.15) is 13.2 Å². The molecule has 0 aliphatic rings. The summed E-state index contributed by atoms with van der Waals surface area (Å²) in [6.07, 6.45) is -4.32. The van der Waals surface area contributed by atoms with Crippen LogP contribution in [0.5, 0.6) is 0 Å². The zero-order valence-corrected chi connectivity index (χ0v) is 13.7. The van der Waals surface area contributed by atoms with Gasteiger partial charge in [-0.25, -0.2) is 4.98 Å². The van der Waals surface area contributed by atoms with E-state index in [1.54, 1.807) is 0 Å². The number of benzene rings is 3. The molecule has 0 amide bonds. The molecule has 0 unspecified atom stereocenters. The SMILES string of the molecule is FC(F)(F)c1ccc(Cn2c(-c3ccccc3)nc3ccccc32)cc1. The van der Waals surface area contributed by atoms with Gasteiger partial charge in [-0.05, 0) is 29.8 Å². The van der Waals surface area contributed by atoms with E-state index in [1.807, 2.05) is 59.2 Å². The van der Waals surface area contributed by atoms with Crippen molar-refractivity contribution in [2.24, 2.45) is 0 Å². The first-order valence-corrected chi connectivity index (χ1v) is 8.19. The Morgan fingerprint density at radius 3 is 2.12 bits per heavy atom. The lowest BCUT2D eigenvalue weighted by Crippen LogP contribution is -2.06. The number of halogens is 3. The van der Waals surface area contributed by atoms with E-state index in [0.29, 0.717) is 6.54 Å². The van der Waals surface area contributed by atoms with Gasteiger partial charge in [-0.15, -0.1) is 0 Å². The topological polar surface area (TPSA) is 17.8 Å². The normalized spacial score (nSPS) is 11.8. The summed E-state index contributed by atoms with van der Waals surface area (Å²) in [6, 6.07) is 22.8. The molecule has 0 spiro atoms. The average Bonchev–Trinajstić information content (AvgIpc) is 3.01. The van der Waals surface area contributed by atoms with Crippen LogP contribution in [-0.2, 0) is 12.7 Å². The van der Waals surface area contributed by atoms with Crippen LogP contribution in [0, 0.1) is 0 Å². The number of alkyl halides is 3. The zero-order chi connectivity index (χ0) is 18.1. The van der Waals surface area contributed by atoms with Gasteiger partial charge >= 0.3 is 6.18 Å². The molecule has 0 aliphatic heterocycles. The minimum atomic E-state index is -4.32. The largest absolute Gasteiger partial charge is 0.416 e. The van der Waals surface area contributed by atoms with Crippen LogP contribution in [0.2, 0.25) is 0 Å². The molecule has 130 valence electrons. The quantitative estimate of drug-likeness (QED) is 0.458. The van der Waals surface area contributed by atoms with Gasteiger partial charge in [0.1, 0.15) is 5.82 Å². The lowest BCUT2D eigenvalue weighted by atomic mass is 10.1. The molecule has 0 bridgehead atoms. The molecule has 0 saturated heterocycles. The molecule has 1 heterocycles. The van der Waals surface area contributed by atoms with E-state index >= 15 is 0 Å². The lowest BCUT2D eigenvalue weighted by Gasteiger charge is -2.11. The number of hydrogen-bond acceptors (Lipinski definition) is 1. The van der Waals surface area contributed by atoms with Crippen LogP contribution in [0.3, 0.4) is 0 Å². The molecule has 0 fully saturated rings. The first-order valence-electron chi connectivity index (χ1n) is 8.19. The summed E-state index contributed by atoms with van der Waals surface area (Å²) in [5.41, 5.74) is 2.93. The third-order valence-corrected chi connectivity index (χ3v) is 4.31. The van der Waals surface area contributed by atoms with Crippen molar-refractivity contribution >= 4 is 11.0 Å². The zero-order valence-electron chi connectivity index (χ0n) is 13.7. The molecule has 26 heavy (non-hydrogen) atoms. The Balaban J connectivity index is 1.78. The Morgan fingerprint density at radius 2 is 1.42 bits per heavy atom. The van der Waals surface area contributed by atoms with E-state index in [-0.39, 0.29) is 0 Å². The first kappa shape index (κ1) is 16.4. The highest BCUT2D eigenvalue weighted by molar-refractivity contribution is 5.80. The highest BCUT2D eigenvalue weighted by Crippen LogP contribution is 2.30. The molecule has 3 aromatic carbocycles. The second-order valence-corrected chi connectivity index (χ2v) is 6.07. The predicted octanol–water partition coefficient (Wildman–Crippen LogP) is 5.77. The van der Waals surface area contributed by atoms with Crippen LogP contribution in [0.4, 0.5) is 13.2 Å². The molecule has 0 aliphatic carbocycles. The molecule has 4 aromatic rings. The predicted molar refractivity (Wildman–Crippen MR) is 95.7 cm³/mol. The summed E-state index contributed by atoms with van der Waals surface area (Å²) >= 11 is 0. The fourth-order valence-electron chi connectivity index (χ4n) is 3.02. The van der Waals surface area contributed by atoms with Gasteiger partial charge in [0, 0.05) is 12.1 Å². The highest BCUT2D eigenvalue weighted by atomic mass is 19.4. The summed E-state index contributed by atoms with van der Waals surface area (Å²) in [4.78, 5) is 4.72. The molecule has 0 radical (unpaired) electrons. The van der Waals surface area contributed by atoms with E-state index in [1.165, 1.54) is 12.1 Å². The lowest BCUT2D eigenvalue weighted by molar-refractivity contribution is -0.137. The van der Waals surface area contributed by atoms with Crippen molar-refractivity contribution in [3.05, 3.63) is 90.0 Å². The summed E-state index contributed by atoms with van der Waals surface area (Å²) in [6.45, 7) is 0.447. The maximum atomic E-state index is 12.8. The minimum absolute atomic E-state index is 0.447. The maximum Gasteiger partial charge on any atom is 0.416 e. The Hall–Kier alpha value is -3.08. The van der Waals surface area contributed by atoms with E-state index in [2.05, 4.69) is 0 Å². The van der Waals surface area contributed by atoms with Crippen LogP contribution >= 0.6 is 0 Å². The van der Waals surface area contributed by atoms with Crippen molar-refractivity contribution < 1.29 is 13.2 Å². The van der Waals surface area contributed by atoms with E-state index < -0.39 is 11.7 Å². The van der Waals surface area contributed by atoms with Gasteiger partial charge in [0.25, 0.3) is 0 Å². The average molecular weight is 352 g/mol. The number of hydrogen-bond donors (Lipinski definition) is 0. The molecule has 0 N–H and O–H groups in total. The molecule has 1 aromatic heterocycles. The fourth-order valence-corrected chi connectivity index (χ4v) is 3.02. The first-order chi connectivity index (χ1) is 12.5. The van der Waals surface area contributed by atoms with Gasteiger partial charge in [0.15, 0.2) is 0 Å². The summed E-state index contributed by atoms with van der Waals surface area (Å²) in [7, 11) is 0. The smallest absolute Gasteiger partial charge is 0.319 e. The van der Waals surface area contributed by atoms with Crippen LogP contribution in [0.25, 0.3) is 22.4 Å². The van der Waals surface area contributed by atoms with Crippen LogP contribution in [-0.4, -0.2) is 9.55 Å². The number of nitrogens with zero attached hydrogens (tertiary/aromatic N) is 2. The van der Waals surface area contributed by atoms with Gasteiger partial charge in [-0.3, -0.25) is 0 Å². The van der Waals surface area contributed by atoms with Gasteiger partial charge in [0.05, 0.1) is 16.6 Å². The number of rotatable bonds is 3. The number of imidazole rings is 1. The fraction of sp³-hybridized carbons (Fsp3) is 0.0952. The maximum absolute atomic E-state index is 12.8.